The molecule has 0 bridgehead atoms. The van der Waals surface area contributed by atoms with Gasteiger partial charge in [-0.2, -0.15) is 0 Å². The molecule has 0 aromatic carbocycles. The van der Waals surface area contributed by atoms with Crippen LogP contribution in [0.2, 0.25) is 0 Å². The average molecular weight is 311 g/mol. The van der Waals surface area contributed by atoms with Gasteiger partial charge in [-0.15, -0.1) is 0 Å². The summed E-state index contributed by atoms with van der Waals surface area (Å²) in [5.74, 6) is 2.93. The summed E-state index contributed by atoms with van der Waals surface area (Å²) >= 11 is 0. The Morgan fingerprint density at radius 3 is 2.65 bits per heavy atom. The van der Waals surface area contributed by atoms with E-state index in [1.165, 1.54) is 18.5 Å². The molecule has 0 radical (unpaired) electrons. The largest absolute Gasteiger partial charge is 0.476 e. The molecule has 1 aliphatic heterocycles. The summed E-state index contributed by atoms with van der Waals surface area (Å²) < 4.78 is 5.73. The topological polar surface area (TPSA) is 64.0 Å². The van der Waals surface area contributed by atoms with Gasteiger partial charge in [-0.3, -0.25) is 4.98 Å². The van der Waals surface area contributed by atoms with Crippen molar-refractivity contribution >= 4 is 5.82 Å². The van der Waals surface area contributed by atoms with Crippen molar-refractivity contribution in [3.8, 4) is 5.88 Å². The van der Waals surface area contributed by atoms with E-state index in [1.54, 1.807) is 24.9 Å². The van der Waals surface area contributed by atoms with Crippen LogP contribution in [0, 0.1) is 5.92 Å². The fourth-order valence-electron chi connectivity index (χ4n) is 3.03. The van der Waals surface area contributed by atoms with Crippen molar-refractivity contribution in [3.05, 3.63) is 36.7 Å². The van der Waals surface area contributed by atoms with Crippen LogP contribution in [0.15, 0.2) is 31.0 Å². The zero-order chi connectivity index (χ0) is 15.5. The van der Waals surface area contributed by atoms with Crippen LogP contribution in [0.5, 0.6) is 5.88 Å². The summed E-state index contributed by atoms with van der Waals surface area (Å²) in [7, 11) is 0. The van der Waals surface area contributed by atoms with E-state index in [0.717, 1.165) is 31.7 Å². The number of anilines is 1. The summed E-state index contributed by atoms with van der Waals surface area (Å²) in [5, 5.41) is 0. The van der Waals surface area contributed by atoms with Crippen LogP contribution in [-0.4, -0.2) is 39.6 Å². The molecule has 120 valence electrons. The minimum Gasteiger partial charge on any atom is -0.476 e. The summed E-state index contributed by atoms with van der Waals surface area (Å²) in [6, 6.07) is 2.17. The highest BCUT2D eigenvalue weighted by molar-refractivity contribution is 5.40. The predicted octanol–water partition coefficient (Wildman–Crippen LogP) is 2.44. The van der Waals surface area contributed by atoms with Crippen LogP contribution in [0.1, 0.15) is 37.3 Å². The third kappa shape index (κ3) is 3.57. The number of ether oxygens (including phenoxy) is 1. The van der Waals surface area contributed by atoms with Gasteiger partial charge in [0, 0.05) is 43.2 Å². The molecule has 2 aromatic heterocycles. The Labute approximate surface area is 136 Å². The molecule has 1 aliphatic carbocycles. The quantitative estimate of drug-likeness (QED) is 0.845. The van der Waals surface area contributed by atoms with Gasteiger partial charge >= 0.3 is 0 Å². The molecule has 23 heavy (non-hydrogen) atoms. The highest BCUT2D eigenvalue weighted by atomic mass is 16.5. The van der Waals surface area contributed by atoms with Crippen molar-refractivity contribution in [2.45, 2.75) is 31.6 Å². The molecule has 2 aromatic rings. The first kappa shape index (κ1) is 14.4. The molecule has 0 atom stereocenters. The third-order valence-corrected chi connectivity index (χ3v) is 4.61. The molecule has 1 saturated heterocycles. The highest BCUT2D eigenvalue weighted by Crippen LogP contribution is 2.39. The second kappa shape index (κ2) is 6.48. The molecular formula is C17H21N5O. The van der Waals surface area contributed by atoms with E-state index in [0.29, 0.717) is 24.3 Å². The van der Waals surface area contributed by atoms with Gasteiger partial charge in [0.15, 0.2) is 0 Å². The lowest BCUT2D eigenvalue weighted by Gasteiger charge is -2.32. The van der Waals surface area contributed by atoms with E-state index in [-0.39, 0.29) is 0 Å². The van der Waals surface area contributed by atoms with Gasteiger partial charge in [0.05, 0.1) is 12.8 Å². The van der Waals surface area contributed by atoms with Gasteiger partial charge < -0.3 is 9.64 Å². The lowest BCUT2D eigenvalue weighted by atomic mass is 9.98. The molecule has 6 heteroatoms. The highest BCUT2D eigenvalue weighted by Gasteiger charge is 2.27. The monoisotopic (exact) mass is 311 g/mol. The van der Waals surface area contributed by atoms with E-state index in [4.69, 9.17) is 4.74 Å². The molecule has 1 saturated carbocycles. The van der Waals surface area contributed by atoms with Gasteiger partial charge in [0.1, 0.15) is 12.1 Å². The number of hydrogen-bond donors (Lipinski definition) is 0. The van der Waals surface area contributed by atoms with Gasteiger partial charge in [0.25, 0.3) is 0 Å². The molecule has 2 aliphatic rings. The molecule has 2 fully saturated rings. The van der Waals surface area contributed by atoms with Gasteiger partial charge in [-0.25, -0.2) is 15.0 Å². The molecule has 4 rings (SSSR count). The summed E-state index contributed by atoms with van der Waals surface area (Å²) in [6.07, 6.45) is 11.5. The first-order valence-electron chi connectivity index (χ1n) is 8.34. The van der Waals surface area contributed by atoms with E-state index in [1.807, 2.05) is 0 Å². The SMILES string of the molecule is c1cnc(OCC2CCN(c3cc(C4CC4)ncn3)CC2)cn1. The van der Waals surface area contributed by atoms with Crippen molar-refractivity contribution < 1.29 is 4.74 Å². The third-order valence-electron chi connectivity index (χ3n) is 4.61. The Kier molecular flexibility index (Phi) is 4.05. The summed E-state index contributed by atoms with van der Waals surface area (Å²) in [6.45, 7) is 2.76. The van der Waals surface area contributed by atoms with E-state index >= 15 is 0 Å². The predicted molar refractivity (Wildman–Crippen MR) is 86.5 cm³/mol. The maximum absolute atomic E-state index is 5.73. The smallest absolute Gasteiger partial charge is 0.232 e. The van der Waals surface area contributed by atoms with E-state index < -0.39 is 0 Å². The lowest BCUT2D eigenvalue weighted by Crippen LogP contribution is -2.36. The zero-order valence-electron chi connectivity index (χ0n) is 13.1. The van der Waals surface area contributed by atoms with Crippen LogP contribution in [-0.2, 0) is 0 Å². The summed E-state index contributed by atoms with van der Waals surface area (Å²) in [5.41, 5.74) is 1.21. The lowest BCUT2D eigenvalue weighted by molar-refractivity contribution is 0.215. The summed E-state index contributed by atoms with van der Waals surface area (Å²) in [4.78, 5) is 19.4. The maximum atomic E-state index is 5.73. The molecule has 0 N–H and O–H groups in total. The Hall–Kier alpha value is -2.24. The van der Waals surface area contributed by atoms with Gasteiger partial charge in [0.2, 0.25) is 5.88 Å². The number of nitrogens with zero attached hydrogens (tertiary/aromatic N) is 5. The van der Waals surface area contributed by atoms with Crippen molar-refractivity contribution in [3.63, 3.8) is 0 Å². The number of rotatable bonds is 5. The van der Waals surface area contributed by atoms with Crippen LogP contribution in [0.4, 0.5) is 5.82 Å². The number of piperidine rings is 1. The average Bonchev–Trinajstić information content (AvgIpc) is 3.47. The van der Waals surface area contributed by atoms with Crippen LogP contribution in [0.3, 0.4) is 0 Å². The van der Waals surface area contributed by atoms with Crippen LogP contribution < -0.4 is 9.64 Å². The Bertz CT molecular complexity index is 638. The van der Waals surface area contributed by atoms with E-state index in [9.17, 15) is 0 Å². The second-order valence-electron chi connectivity index (χ2n) is 6.36. The van der Waals surface area contributed by atoms with Gasteiger partial charge in [-0.05, 0) is 31.6 Å². The standard InChI is InChI=1S/C17H21N5O/c1-2-14(1)15-9-16(21-12-20-15)22-7-3-13(4-8-22)11-23-17-10-18-5-6-19-17/h5-6,9-10,12-14H,1-4,7-8,11H2. The Morgan fingerprint density at radius 1 is 1.04 bits per heavy atom. The molecule has 0 amide bonds. The first-order chi connectivity index (χ1) is 11.4. The molecule has 6 nitrogen and oxygen atoms in total. The number of aromatic nitrogens is 4. The zero-order valence-corrected chi connectivity index (χ0v) is 13.1. The fraction of sp³-hybridized carbons (Fsp3) is 0.529. The van der Waals surface area contributed by atoms with Crippen molar-refractivity contribution in [2.75, 3.05) is 24.6 Å². The molecule has 3 heterocycles. The van der Waals surface area contributed by atoms with E-state index in [2.05, 4.69) is 30.9 Å². The second-order valence-corrected chi connectivity index (χ2v) is 6.36. The maximum Gasteiger partial charge on any atom is 0.232 e. The number of hydrogen-bond acceptors (Lipinski definition) is 6. The van der Waals surface area contributed by atoms with Crippen LogP contribution in [0.25, 0.3) is 0 Å². The normalized spacial score (nSPS) is 18.9. The van der Waals surface area contributed by atoms with Crippen LogP contribution >= 0.6 is 0 Å². The first-order valence-corrected chi connectivity index (χ1v) is 8.34. The molecular weight excluding hydrogens is 290 g/mol. The minimum absolute atomic E-state index is 0.568. The van der Waals surface area contributed by atoms with Gasteiger partial charge in [-0.1, -0.05) is 0 Å². The minimum atomic E-state index is 0.568. The van der Waals surface area contributed by atoms with Crippen molar-refractivity contribution in [1.29, 1.82) is 0 Å². The molecule has 0 unspecified atom stereocenters. The Morgan fingerprint density at radius 2 is 1.91 bits per heavy atom. The van der Waals surface area contributed by atoms with Crippen molar-refractivity contribution in [1.82, 2.24) is 19.9 Å². The molecule has 0 spiro atoms. The fourth-order valence-corrected chi connectivity index (χ4v) is 3.03. The van der Waals surface area contributed by atoms with Crippen molar-refractivity contribution in [2.24, 2.45) is 5.92 Å². The Balaban J connectivity index is 1.29.